The van der Waals surface area contributed by atoms with E-state index >= 15 is 0 Å². The smallest absolute Gasteiger partial charge is 0.152 e. The number of thiophene rings is 1. The summed E-state index contributed by atoms with van der Waals surface area (Å²) in [5, 5.41) is 0. The van der Waals surface area contributed by atoms with E-state index in [0.717, 1.165) is 22.4 Å². The second-order valence-electron chi connectivity index (χ2n) is 4.11. The maximum Gasteiger partial charge on any atom is 0.152 e. The maximum atomic E-state index is 11.5. The van der Waals surface area contributed by atoms with Crippen molar-refractivity contribution in [1.29, 1.82) is 0 Å². The third-order valence-electron chi connectivity index (χ3n) is 2.62. The topological polar surface area (TPSA) is 33.2 Å². The van der Waals surface area contributed by atoms with Crippen LogP contribution in [0.15, 0.2) is 36.7 Å². The van der Waals surface area contributed by atoms with E-state index in [9.17, 15) is 4.79 Å². The number of rotatable bonds is 4. The minimum Gasteiger partial charge on any atom is -0.376 e. The molecule has 0 spiro atoms. The van der Waals surface area contributed by atoms with E-state index in [-0.39, 0.29) is 0 Å². The fourth-order valence-electron chi connectivity index (χ4n) is 1.83. The zero-order chi connectivity index (χ0) is 13.8. The molecule has 0 unspecified atom stereocenters. The molecule has 0 aliphatic heterocycles. The van der Waals surface area contributed by atoms with Crippen LogP contribution >= 0.6 is 22.9 Å². The van der Waals surface area contributed by atoms with Crippen LogP contribution in [0.4, 0.5) is 0 Å². The molecule has 0 saturated carbocycles. The van der Waals surface area contributed by atoms with Gasteiger partial charge in [-0.15, -0.1) is 11.3 Å². The molecule has 3 nitrogen and oxygen atoms in total. The zero-order valence-corrected chi connectivity index (χ0v) is 12.2. The van der Waals surface area contributed by atoms with Crippen LogP contribution in [0.2, 0.25) is 4.34 Å². The fraction of sp³-hybridized carbons (Fsp3) is 0.143. The molecule has 0 radical (unpaired) electrons. The summed E-state index contributed by atoms with van der Waals surface area (Å²) in [4.78, 5) is 18.4. The maximum absolute atomic E-state index is 11.5. The summed E-state index contributed by atoms with van der Waals surface area (Å²) in [7, 11) is 3.82. The van der Waals surface area contributed by atoms with Crippen molar-refractivity contribution >= 4 is 40.5 Å². The SMILES string of the molecule is CN(C)C(=C(C=O)c1ccncc1)c1ccc(Cl)s1. The second-order valence-corrected chi connectivity index (χ2v) is 5.83. The van der Waals surface area contributed by atoms with E-state index in [2.05, 4.69) is 4.98 Å². The van der Waals surface area contributed by atoms with E-state index < -0.39 is 0 Å². The monoisotopic (exact) mass is 292 g/mol. The van der Waals surface area contributed by atoms with E-state index in [1.807, 2.05) is 43.3 Å². The minimum atomic E-state index is 0.630. The summed E-state index contributed by atoms with van der Waals surface area (Å²) in [6, 6.07) is 7.40. The van der Waals surface area contributed by atoms with Crippen molar-refractivity contribution in [1.82, 2.24) is 9.88 Å². The highest BCUT2D eigenvalue weighted by Gasteiger charge is 2.15. The lowest BCUT2D eigenvalue weighted by molar-refractivity contribution is -0.103. The van der Waals surface area contributed by atoms with Gasteiger partial charge in [-0.05, 0) is 29.8 Å². The molecule has 0 saturated heterocycles. The Morgan fingerprint density at radius 2 is 1.95 bits per heavy atom. The number of halogens is 1. The predicted molar refractivity (Wildman–Crippen MR) is 80.1 cm³/mol. The van der Waals surface area contributed by atoms with Gasteiger partial charge in [-0.25, -0.2) is 0 Å². The first kappa shape index (κ1) is 13.8. The van der Waals surface area contributed by atoms with Gasteiger partial charge in [-0.1, -0.05) is 11.6 Å². The zero-order valence-electron chi connectivity index (χ0n) is 10.6. The molecule has 0 atom stereocenters. The van der Waals surface area contributed by atoms with Crippen LogP contribution in [0, 0.1) is 0 Å². The van der Waals surface area contributed by atoms with Crippen LogP contribution in [-0.4, -0.2) is 30.3 Å². The molecule has 2 rings (SSSR count). The Morgan fingerprint density at radius 3 is 2.42 bits per heavy atom. The second kappa shape index (κ2) is 5.99. The summed E-state index contributed by atoms with van der Waals surface area (Å²) in [6.07, 6.45) is 4.22. The first-order chi connectivity index (χ1) is 9.13. The molecule has 2 heterocycles. The standard InChI is InChI=1S/C14H13ClN2OS/c1-17(2)14(12-3-4-13(15)19-12)11(9-18)10-5-7-16-8-6-10/h3-9H,1-2H3. The average Bonchev–Trinajstić information content (AvgIpc) is 2.82. The van der Waals surface area contributed by atoms with Crippen LogP contribution < -0.4 is 0 Å². The fourth-order valence-corrected chi connectivity index (χ4v) is 3.01. The quantitative estimate of drug-likeness (QED) is 0.639. The number of aromatic nitrogens is 1. The molecule has 5 heteroatoms. The van der Waals surface area contributed by atoms with E-state index in [4.69, 9.17) is 11.6 Å². The van der Waals surface area contributed by atoms with Crippen molar-refractivity contribution in [3.8, 4) is 0 Å². The van der Waals surface area contributed by atoms with E-state index in [1.54, 1.807) is 12.4 Å². The lowest BCUT2D eigenvalue weighted by atomic mass is 10.1. The Hall–Kier alpha value is -1.65. The summed E-state index contributed by atoms with van der Waals surface area (Å²) < 4.78 is 0.703. The van der Waals surface area contributed by atoms with Crippen LogP contribution in [0.25, 0.3) is 11.3 Å². The molecule has 19 heavy (non-hydrogen) atoms. The van der Waals surface area contributed by atoms with Crippen molar-refractivity contribution in [3.05, 3.63) is 51.4 Å². The van der Waals surface area contributed by atoms with Gasteiger partial charge >= 0.3 is 0 Å². The summed E-state index contributed by atoms with van der Waals surface area (Å²) in [5.41, 5.74) is 2.34. The Balaban J connectivity index is 2.63. The van der Waals surface area contributed by atoms with Gasteiger partial charge in [0.2, 0.25) is 0 Å². The molecule has 0 fully saturated rings. The third-order valence-corrected chi connectivity index (χ3v) is 3.86. The molecule has 0 bridgehead atoms. The normalized spacial score (nSPS) is 11.9. The Kier molecular flexibility index (Phi) is 4.35. The lowest BCUT2D eigenvalue weighted by Crippen LogP contribution is -2.12. The Bertz CT molecular complexity index is 605. The molecule has 0 aromatic carbocycles. The van der Waals surface area contributed by atoms with Crippen molar-refractivity contribution < 1.29 is 4.79 Å². The molecule has 0 amide bonds. The number of allylic oxidation sites excluding steroid dienone is 1. The molecule has 2 aromatic heterocycles. The summed E-state index contributed by atoms with van der Waals surface area (Å²) >= 11 is 7.44. The number of hydrogen-bond acceptors (Lipinski definition) is 4. The average molecular weight is 293 g/mol. The van der Waals surface area contributed by atoms with Gasteiger partial charge in [-0.3, -0.25) is 9.78 Å². The number of pyridine rings is 1. The van der Waals surface area contributed by atoms with Crippen LogP contribution in [0.1, 0.15) is 10.4 Å². The third kappa shape index (κ3) is 3.03. The highest BCUT2D eigenvalue weighted by Crippen LogP contribution is 2.33. The first-order valence-electron chi connectivity index (χ1n) is 5.66. The van der Waals surface area contributed by atoms with Crippen LogP contribution in [0.5, 0.6) is 0 Å². The van der Waals surface area contributed by atoms with Gasteiger partial charge in [0.15, 0.2) is 6.29 Å². The highest BCUT2D eigenvalue weighted by molar-refractivity contribution is 7.17. The van der Waals surface area contributed by atoms with Crippen molar-refractivity contribution in [3.63, 3.8) is 0 Å². The Labute approximate surface area is 121 Å². The molecule has 2 aromatic rings. The number of hydrogen-bond donors (Lipinski definition) is 0. The van der Waals surface area contributed by atoms with Crippen molar-refractivity contribution in [2.24, 2.45) is 0 Å². The van der Waals surface area contributed by atoms with Gasteiger partial charge in [-0.2, -0.15) is 0 Å². The van der Waals surface area contributed by atoms with Crippen LogP contribution in [-0.2, 0) is 4.79 Å². The molecular formula is C14H13ClN2OS. The number of carbonyl (C=O) groups is 1. The highest BCUT2D eigenvalue weighted by atomic mass is 35.5. The van der Waals surface area contributed by atoms with Crippen molar-refractivity contribution in [2.45, 2.75) is 0 Å². The van der Waals surface area contributed by atoms with Gasteiger partial charge in [0.25, 0.3) is 0 Å². The number of carbonyl (C=O) groups excluding carboxylic acids is 1. The Morgan fingerprint density at radius 1 is 1.26 bits per heavy atom. The molecule has 0 N–H and O–H groups in total. The number of nitrogens with zero attached hydrogens (tertiary/aromatic N) is 2. The van der Waals surface area contributed by atoms with E-state index in [1.165, 1.54) is 11.3 Å². The molecule has 98 valence electrons. The summed E-state index contributed by atoms with van der Waals surface area (Å²) in [5.74, 6) is 0. The van der Waals surface area contributed by atoms with E-state index in [0.29, 0.717) is 9.91 Å². The molecule has 0 aliphatic rings. The largest absolute Gasteiger partial charge is 0.376 e. The van der Waals surface area contributed by atoms with Gasteiger partial charge < -0.3 is 4.90 Å². The number of aldehydes is 1. The predicted octanol–water partition coefficient (Wildman–Crippen LogP) is 3.43. The minimum absolute atomic E-state index is 0.630. The molecular weight excluding hydrogens is 280 g/mol. The lowest BCUT2D eigenvalue weighted by Gasteiger charge is -2.19. The van der Waals surface area contributed by atoms with Gasteiger partial charge in [0.05, 0.1) is 14.9 Å². The van der Waals surface area contributed by atoms with Crippen LogP contribution in [0.3, 0.4) is 0 Å². The van der Waals surface area contributed by atoms with Gasteiger partial charge in [0, 0.05) is 32.1 Å². The van der Waals surface area contributed by atoms with Crippen molar-refractivity contribution in [2.75, 3.05) is 14.1 Å². The van der Waals surface area contributed by atoms with Gasteiger partial charge in [0.1, 0.15) is 0 Å². The first-order valence-corrected chi connectivity index (χ1v) is 6.86. The molecule has 0 aliphatic carbocycles. The summed E-state index contributed by atoms with van der Waals surface area (Å²) in [6.45, 7) is 0.